The first-order chi connectivity index (χ1) is 8.29. The van der Waals surface area contributed by atoms with Crippen molar-refractivity contribution in [2.45, 2.75) is 12.7 Å². The Morgan fingerprint density at radius 2 is 2.00 bits per heavy atom. The minimum Gasteiger partial charge on any atom is -0.487 e. The summed E-state index contributed by atoms with van der Waals surface area (Å²) in [5, 5.41) is 18.5. The number of hydrogen-bond acceptors (Lipinski definition) is 4. The Balaban J connectivity index is 1.91. The third kappa shape index (κ3) is 3.09. The molecular weight excluding hydrogens is 220 g/mol. The Bertz CT molecular complexity index is 422. The van der Waals surface area contributed by atoms with Gasteiger partial charge in [-0.3, -0.25) is 0 Å². The van der Waals surface area contributed by atoms with Crippen molar-refractivity contribution < 1.29 is 19.7 Å². The monoisotopic (exact) mass is 234 g/mol. The second-order valence-electron chi connectivity index (χ2n) is 3.65. The van der Waals surface area contributed by atoms with E-state index in [2.05, 4.69) is 0 Å². The van der Waals surface area contributed by atoms with Crippen LogP contribution in [0.1, 0.15) is 5.56 Å². The van der Waals surface area contributed by atoms with Crippen LogP contribution in [0.3, 0.4) is 0 Å². The molecule has 0 amide bonds. The maximum atomic E-state index is 9.69. The minimum absolute atomic E-state index is 0.237. The number of ether oxygens (including phenoxy) is 2. The van der Waals surface area contributed by atoms with Crippen LogP contribution in [0, 0.1) is 0 Å². The van der Waals surface area contributed by atoms with Gasteiger partial charge in [0.25, 0.3) is 0 Å². The summed E-state index contributed by atoms with van der Waals surface area (Å²) in [4.78, 5) is 0. The number of rotatable bonds is 4. The van der Waals surface area contributed by atoms with Gasteiger partial charge in [-0.25, -0.2) is 0 Å². The number of aliphatic hydroxyl groups is 2. The van der Waals surface area contributed by atoms with Gasteiger partial charge in [-0.1, -0.05) is 30.3 Å². The molecule has 0 fully saturated rings. The summed E-state index contributed by atoms with van der Waals surface area (Å²) in [5.41, 5.74) is 1.01. The molecule has 4 nitrogen and oxygen atoms in total. The molecule has 0 aliphatic carbocycles. The predicted octanol–water partition coefficient (Wildman–Crippen LogP) is 1.31. The Morgan fingerprint density at radius 1 is 1.24 bits per heavy atom. The fourth-order valence-corrected chi connectivity index (χ4v) is 1.45. The average Bonchev–Trinajstić information content (AvgIpc) is 2.38. The van der Waals surface area contributed by atoms with Crippen LogP contribution in [-0.4, -0.2) is 22.9 Å². The Morgan fingerprint density at radius 3 is 2.65 bits per heavy atom. The van der Waals surface area contributed by atoms with Crippen molar-refractivity contribution in [1.29, 1.82) is 0 Å². The molecule has 1 aromatic carbocycles. The van der Waals surface area contributed by atoms with Crippen LogP contribution >= 0.6 is 0 Å². The zero-order chi connectivity index (χ0) is 12.1. The first kappa shape index (κ1) is 11.7. The van der Waals surface area contributed by atoms with Crippen LogP contribution in [0.2, 0.25) is 0 Å². The smallest absolute Gasteiger partial charge is 0.164 e. The molecule has 17 heavy (non-hydrogen) atoms. The molecule has 2 N–H and O–H groups in total. The van der Waals surface area contributed by atoms with E-state index in [1.165, 1.54) is 12.3 Å². The molecule has 1 aromatic rings. The summed E-state index contributed by atoms with van der Waals surface area (Å²) >= 11 is 0. The highest BCUT2D eigenvalue weighted by molar-refractivity contribution is 5.17. The van der Waals surface area contributed by atoms with Gasteiger partial charge in [-0.15, -0.1) is 0 Å². The lowest BCUT2D eigenvalue weighted by atomic mass is 10.2. The van der Waals surface area contributed by atoms with E-state index in [0.717, 1.165) is 5.56 Å². The molecule has 0 radical (unpaired) electrons. The van der Waals surface area contributed by atoms with Gasteiger partial charge in [-0.05, 0) is 11.6 Å². The van der Waals surface area contributed by atoms with Crippen LogP contribution < -0.4 is 0 Å². The zero-order valence-corrected chi connectivity index (χ0v) is 9.24. The van der Waals surface area contributed by atoms with E-state index in [4.69, 9.17) is 14.6 Å². The van der Waals surface area contributed by atoms with Crippen LogP contribution in [0.5, 0.6) is 0 Å². The van der Waals surface area contributed by atoms with Gasteiger partial charge in [0.1, 0.15) is 31.3 Å². The molecule has 1 aliphatic heterocycles. The highest BCUT2D eigenvalue weighted by atomic mass is 16.5. The van der Waals surface area contributed by atoms with Crippen molar-refractivity contribution >= 4 is 0 Å². The van der Waals surface area contributed by atoms with E-state index >= 15 is 0 Å². The number of hydrogen-bond donors (Lipinski definition) is 2. The van der Waals surface area contributed by atoms with Crippen LogP contribution in [0.4, 0.5) is 0 Å². The van der Waals surface area contributed by atoms with Crippen molar-refractivity contribution in [2.24, 2.45) is 0 Å². The Hall–Kier alpha value is -1.78. The third-order valence-electron chi connectivity index (χ3n) is 2.37. The summed E-state index contributed by atoms with van der Waals surface area (Å²) in [5.74, 6) is 0.663. The second kappa shape index (κ2) is 5.52. The first-order valence-electron chi connectivity index (χ1n) is 5.32. The summed E-state index contributed by atoms with van der Waals surface area (Å²) in [6.45, 7) is 0.134. The normalized spacial score (nSPS) is 19.1. The van der Waals surface area contributed by atoms with Gasteiger partial charge >= 0.3 is 0 Å². The molecule has 1 unspecified atom stereocenters. The summed E-state index contributed by atoms with van der Waals surface area (Å²) < 4.78 is 10.5. The topological polar surface area (TPSA) is 58.9 Å². The molecule has 4 heteroatoms. The molecule has 0 saturated carbocycles. The number of aliphatic hydroxyl groups excluding tert-OH is 2. The highest BCUT2D eigenvalue weighted by Gasteiger charge is 2.17. The zero-order valence-electron chi connectivity index (χ0n) is 9.24. The first-order valence-corrected chi connectivity index (χ1v) is 5.32. The number of benzene rings is 1. The molecule has 0 bridgehead atoms. The SMILES string of the molecule is OCC1=CC(O)C(OCc2ccccc2)=CO1. The molecule has 0 saturated heterocycles. The van der Waals surface area contributed by atoms with Crippen LogP contribution in [0.25, 0.3) is 0 Å². The van der Waals surface area contributed by atoms with Crippen LogP contribution in [0.15, 0.2) is 54.2 Å². The van der Waals surface area contributed by atoms with Gasteiger partial charge in [0.15, 0.2) is 5.76 Å². The van der Waals surface area contributed by atoms with E-state index < -0.39 is 6.10 Å². The van der Waals surface area contributed by atoms with Crippen molar-refractivity contribution in [3.63, 3.8) is 0 Å². The van der Waals surface area contributed by atoms with Crippen LogP contribution in [-0.2, 0) is 16.1 Å². The lowest BCUT2D eigenvalue weighted by molar-refractivity contribution is 0.0905. The van der Waals surface area contributed by atoms with Gasteiger partial charge in [0.05, 0.1) is 0 Å². The molecule has 1 heterocycles. The van der Waals surface area contributed by atoms with E-state index in [1.807, 2.05) is 30.3 Å². The molecule has 1 aliphatic rings. The minimum atomic E-state index is -0.866. The maximum Gasteiger partial charge on any atom is 0.164 e. The van der Waals surface area contributed by atoms with Crippen molar-refractivity contribution in [3.8, 4) is 0 Å². The van der Waals surface area contributed by atoms with E-state index in [-0.39, 0.29) is 6.61 Å². The fourth-order valence-electron chi connectivity index (χ4n) is 1.45. The van der Waals surface area contributed by atoms with Crippen molar-refractivity contribution in [3.05, 3.63) is 59.8 Å². The van der Waals surface area contributed by atoms with Crippen molar-refractivity contribution in [2.75, 3.05) is 6.61 Å². The van der Waals surface area contributed by atoms with Crippen molar-refractivity contribution in [1.82, 2.24) is 0 Å². The van der Waals surface area contributed by atoms with Gasteiger partial charge in [0, 0.05) is 0 Å². The van der Waals surface area contributed by atoms with E-state index in [0.29, 0.717) is 18.1 Å². The van der Waals surface area contributed by atoms with Gasteiger partial charge in [-0.2, -0.15) is 0 Å². The lowest BCUT2D eigenvalue weighted by Crippen LogP contribution is -2.16. The predicted molar refractivity (Wildman–Crippen MR) is 61.6 cm³/mol. The molecule has 2 rings (SSSR count). The lowest BCUT2D eigenvalue weighted by Gasteiger charge is -2.18. The quantitative estimate of drug-likeness (QED) is 0.824. The summed E-state index contributed by atoms with van der Waals surface area (Å²) in [6.07, 6.45) is 1.87. The van der Waals surface area contributed by atoms with Gasteiger partial charge in [0.2, 0.25) is 0 Å². The fraction of sp³-hybridized carbons (Fsp3) is 0.231. The molecular formula is C13H14O4. The Labute approximate surface area is 99.4 Å². The highest BCUT2D eigenvalue weighted by Crippen LogP contribution is 2.17. The standard InChI is InChI=1S/C13H14O4/c14-7-11-6-12(15)13(9-16-11)17-8-10-4-2-1-3-5-10/h1-6,9,12,14-15H,7-8H2. The van der Waals surface area contributed by atoms with E-state index in [9.17, 15) is 5.11 Å². The summed E-state index contributed by atoms with van der Waals surface area (Å²) in [7, 11) is 0. The molecule has 0 aromatic heterocycles. The van der Waals surface area contributed by atoms with E-state index in [1.54, 1.807) is 0 Å². The second-order valence-corrected chi connectivity index (χ2v) is 3.65. The third-order valence-corrected chi connectivity index (χ3v) is 2.37. The molecule has 1 atom stereocenters. The molecule has 0 spiro atoms. The van der Waals surface area contributed by atoms with Gasteiger partial charge < -0.3 is 19.7 Å². The summed E-state index contributed by atoms with van der Waals surface area (Å²) in [6, 6.07) is 9.64. The molecule has 90 valence electrons. The maximum absolute atomic E-state index is 9.69. The Kier molecular flexibility index (Phi) is 3.80. The largest absolute Gasteiger partial charge is 0.487 e. The average molecular weight is 234 g/mol.